The van der Waals surface area contributed by atoms with E-state index in [0.29, 0.717) is 4.99 Å². The number of aliphatic hydroxyl groups excluding tert-OH is 1. The Hall–Kier alpha value is -1.91. The maximum absolute atomic E-state index is 9.05. The molecule has 0 saturated carbocycles. The van der Waals surface area contributed by atoms with Gasteiger partial charge in [0.05, 0.1) is 6.61 Å². The molecule has 3 nitrogen and oxygen atoms in total. The van der Waals surface area contributed by atoms with Gasteiger partial charge in [-0.2, -0.15) is 0 Å². The fraction of sp³-hybridized carbons (Fsp3) is 0.188. The lowest BCUT2D eigenvalue weighted by atomic mass is 10.1. The van der Waals surface area contributed by atoms with Crippen molar-refractivity contribution in [3.8, 4) is 0 Å². The van der Waals surface area contributed by atoms with Crippen LogP contribution < -0.4 is 10.6 Å². The van der Waals surface area contributed by atoms with Gasteiger partial charge in [-0.25, -0.2) is 0 Å². The van der Waals surface area contributed by atoms with Crippen LogP contribution in [0, 0.1) is 0 Å². The SMILES string of the molecule is CN(Cc1ccc(CO)cc1)c1ccccc1C(N)=S. The highest BCUT2D eigenvalue weighted by Crippen LogP contribution is 2.21. The lowest BCUT2D eigenvalue weighted by molar-refractivity contribution is 0.282. The second-order valence-corrected chi connectivity index (χ2v) is 5.15. The van der Waals surface area contributed by atoms with Crippen LogP contribution >= 0.6 is 12.2 Å². The molecule has 0 spiro atoms. The Kier molecular flexibility index (Phi) is 4.71. The molecule has 0 saturated heterocycles. The molecule has 0 atom stereocenters. The summed E-state index contributed by atoms with van der Waals surface area (Å²) in [5, 5.41) is 9.05. The van der Waals surface area contributed by atoms with E-state index in [4.69, 9.17) is 23.1 Å². The Balaban J connectivity index is 2.19. The van der Waals surface area contributed by atoms with E-state index in [0.717, 1.165) is 23.4 Å². The Bertz CT molecular complexity index is 596. The van der Waals surface area contributed by atoms with Gasteiger partial charge < -0.3 is 15.7 Å². The summed E-state index contributed by atoms with van der Waals surface area (Å²) in [5.41, 5.74) is 9.75. The monoisotopic (exact) mass is 286 g/mol. The number of para-hydroxylation sites is 1. The molecule has 3 N–H and O–H groups in total. The first kappa shape index (κ1) is 14.5. The summed E-state index contributed by atoms with van der Waals surface area (Å²) >= 11 is 5.09. The highest BCUT2D eigenvalue weighted by atomic mass is 32.1. The molecule has 0 amide bonds. The minimum Gasteiger partial charge on any atom is -0.392 e. The highest BCUT2D eigenvalue weighted by Gasteiger charge is 2.09. The van der Waals surface area contributed by atoms with Gasteiger partial charge in [-0.05, 0) is 23.3 Å². The molecule has 104 valence electrons. The van der Waals surface area contributed by atoms with E-state index in [1.807, 2.05) is 55.6 Å². The lowest BCUT2D eigenvalue weighted by Gasteiger charge is -2.22. The van der Waals surface area contributed by atoms with Gasteiger partial charge in [0.15, 0.2) is 0 Å². The fourth-order valence-corrected chi connectivity index (χ4v) is 2.30. The average Bonchev–Trinajstić information content (AvgIpc) is 2.48. The minimum absolute atomic E-state index is 0.0698. The Morgan fingerprint density at radius 3 is 2.30 bits per heavy atom. The number of aliphatic hydroxyl groups is 1. The van der Waals surface area contributed by atoms with Crippen molar-refractivity contribution < 1.29 is 5.11 Å². The van der Waals surface area contributed by atoms with Crippen molar-refractivity contribution >= 4 is 22.9 Å². The summed E-state index contributed by atoms with van der Waals surface area (Å²) in [4.78, 5) is 2.52. The first-order chi connectivity index (χ1) is 9.61. The third-order valence-corrected chi connectivity index (χ3v) is 3.43. The van der Waals surface area contributed by atoms with Crippen molar-refractivity contribution in [1.29, 1.82) is 0 Å². The van der Waals surface area contributed by atoms with Crippen molar-refractivity contribution in [3.63, 3.8) is 0 Å². The smallest absolute Gasteiger partial charge is 0.106 e. The van der Waals surface area contributed by atoms with Crippen LogP contribution in [0.3, 0.4) is 0 Å². The summed E-state index contributed by atoms with van der Waals surface area (Å²) in [5.74, 6) is 0. The van der Waals surface area contributed by atoms with Gasteiger partial charge in [0.2, 0.25) is 0 Å². The van der Waals surface area contributed by atoms with E-state index in [1.165, 1.54) is 5.56 Å². The van der Waals surface area contributed by atoms with Gasteiger partial charge in [0.25, 0.3) is 0 Å². The maximum Gasteiger partial charge on any atom is 0.106 e. The molecule has 2 aromatic carbocycles. The molecule has 0 unspecified atom stereocenters. The standard InChI is InChI=1S/C16H18N2OS/c1-18(10-12-6-8-13(11-19)9-7-12)15-5-3-2-4-14(15)16(17)20/h2-9,19H,10-11H2,1H3,(H2,17,20). The Labute approximate surface area is 124 Å². The molecule has 0 aromatic heterocycles. The number of hydrogen-bond acceptors (Lipinski definition) is 3. The number of benzene rings is 2. The molecule has 20 heavy (non-hydrogen) atoms. The van der Waals surface area contributed by atoms with Gasteiger partial charge in [-0.1, -0.05) is 48.6 Å². The van der Waals surface area contributed by atoms with Crippen LogP contribution in [0.15, 0.2) is 48.5 Å². The molecular weight excluding hydrogens is 268 g/mol. The predicted molar refractivity (Wildman–Crippen MR) is 86.8 cm³/mol. The van der Waals surface area contributed by atoms with E-state index in [1.54, 1.807) is 0 Å². The number of thiocarbonyl (C=S) groups is 1. The zero-order valence-electron chi connectivity index (χ0n) is 11.4. The highest BCUT2D eigenvalue weighted by molar-refractivity contribution is 7.80. The zero-order chi connectivity index (χ0) is 14.5. The second-order valence-electron chi connectivity index (χ2n) is 4.71. The molecule has 4 heteroatoms. The van der Waals surface area contributed by atoms with Crippen LogP contribution in [0.2, 0.25) is 0 Å². The molecule has 2 rings (SSSR count). The van der Waals surface area contributed by atoms with Crippen LogP contribution in [-0.4, -0.2) is 17.1 Å². The summed E-state index contributed by atoms with van der Waals surface area (Å²) in [6.07, 6.45) is 0. The van der Waals surface area contributed by atoms with Crippen LogP contribution in [0.1, 0.15) is 16.7 Å². The van der Waals surface area contributed by atoms with Gasteiger partial charge in [-0.3, -0.25) is 0 Å². The van der Waals surface area contributed by atoms with E-state index >= 15 is 0 Å². The van der Waals surface area contributed by atoms with Gasteiger partial charge in [0.1, 0.15) is 4.99 Å². The number of rotatable bonds is 5. The van der Waals surface area contributed by atoms with Crippen molar-refractivity contribution in [2.75, 3.05) is 11.9 Å². The fourth-order valence-electron chi connectivity index (χ4n) is 2.12. The molecular formula is C16H18N2OS. The zero-order valence-corrected chi connectivity index (χ0v) is 12.2. The summed E-state index contributed by atoms with van der Waals surface area (Å²) in [6, 6.07) is 15.8. The van der Waals surface area contributed by atoms with Gasteiger partial charge >= 0.3 is 0 Å². The van der Waals surface area contributed by atoms with Crippen LogP contribution in [0.25, 0.3) is 0 Å². The molecule has 0 fully saturated rings. The normalized spacial score (nSPS) is 10.3. The largest absolute Gasteiger partial charge is 0.392 e. The number of hydrogen-bond donors (Lipinski definition) is 2. The molecule has 0 aliphatic rings. The molecule has 0 radical (unpaired) electrons. The Morgan fingerprint density at radius 2 is 1.70 bits per heavy atom. The maximum atomic E-state index is 9.05. The lowest BCUT2D eigenvalue weighted by Crippen LogP contribution is -2.21. The average molecular weight is 286 g/mol. The van der Waals surface area contributed by atoms with Gasteiger partial charge in [-0.15, -0.1) is 0 Å². The Morgan fingerprint density at radius 1 is 1.10 bits per heavy atom. The van der Waals surface area contributed by atoms with Gasteiger partial charge in [0, 0.05) is 24.8 Å². The number of anilines is 1. The molecule has 0 heterocycles. The number of nitrogens with two attached hydrogens (primary N) is 1. The summed E-state index contributed by atoms with van der Waals surface area (Å²) in [6.45, 7) is 0.825. The van der Waals surface area contributed by atoms with Crippen LogP contribution in [0.5, 0.6) is 0 Å². The topological polar surface area (TPSA) is 49.5 Å². The van der Waals surface area contributed by atoms with E-state index in [-0.39, 0.29) is 6.61 Å². The van der Waals surface area contributed by atoms with Crippen molar-refractivity contribution in [2.24, 2.45) is 5.73 Å². The third-order valence-electron chi connectivity index (χ3n) is 3.21. The molecule has 2 aromatic rings. The molecule has 0 bridgehead atoms. The summed E-state index contributed by atoms with van der Waals surface area (Å²) < 4.78 is 0. The molecule has 0 aliphatic carbocycles. The quantitative estimate of drug-likeness (QED) is 0.829. The van der Waals surface area contributed by atoms with E-state index in [9.17, 15) is 0 Å². The second kappa shape index (κ2) is 6.50. The van der Waals surface area contributed by atoms with Crippen LogP contribution in [0.4, 0.5) is 5.69 Å². The van der Waals surface area contributed by atoms with Crippen molar-refractivity contribution in [1.82, 2.24) is 0 Å². The van der Waals surface area contributed by atoms with E-state index in [2.05, 4.69) is 4.90 Å². The first-order valence-corrected chi connectivity index (χ1v) is 6.81. The number of nitrogens with zero attached hydrogens (tertiary/aromatic N) is 1. The minimum atomic E-state index is 0.0698. The summed E-state index contributed by atoms with van der Waals surface area (Å²) in [7, 11) is 2.01. The third kappa shape index (κ3) is 3.35. The molecule has 0 aliphatic heterocycles. The van der Waals surface area contributed by atoms with Crippen LogP contribution in [-0.2, 0) is 13.2 Å². The van der Waals surface area contributed by atoms with E-state index < -0.39 is 0 Å². The van der Waals surface area contributed by atoms with Crippen molar-refractivity contribution in [2.45, 2.75) is 13.2 Å². The first-order valence-electron chi connectivity index (χ1n) is 6.40. The predicted octanol–water partition coefficient (Wildman–Crippen LogP) is 2.45. The van der Waals surface area contributed by atoms with Crippen molar-refractivity contribution in [3.05, 3.63) is 65.2 Å².